The molecule has 1 N–H and O–H groups in total. The minimum absolute atomic E-state index is 0.0999. The van der Waals surface area contributed by atoms with Gasteiger partial charge in [-0.2, -0.15) is 0 Å². The van der Waals surface area contributed by atoms with Crippen LogP contribution in [0.3, 0.4) is 0 Å². The average Bonchev–Trinajstić information content (AvgIpc) is 2.42. The summed E-state index contributed by atoms with van der Waals surface area (Å²) >= 11 is 11.5. The maximum atomic E-state index is 12.0. The van der Waals surface area contributed by atoms with Crippen molar-refractivity contribution in [3.63, 3.8) is 0 Å². The highest BCUT2D eigenvalue weighted by Gasteiger charge is 2.21. The minimum Gasteiger partial charge on any atom is -0.340 e. The van der Waals surface area contributed by atoms with Crippen LogP contribution in [0, 0.1) is 0 Å². The van der Waals surface area contributed by atoms with E-state index in [1.165, 1.54) is 6.07 Å². The maximum Gasteiger partial charge on any atom is 0.233 e. The van der Waals surface area contributed by atoms with E-state index in [9.17, 15) is 9.59 Å². The first-order chi connectivity index (χ1) is 9.95. The molecule has 0 aliphatic carbocycles. The molecule has 0 atom stereocenters. The largest absolute Gasteiger partial charge is 0.340 e. The van der Waals surface area contributed by atoms with Crippen LogP contribution < -0.4 is 5.32 Å². The number of nitrogens with zero attached hydrogens (tertiary/aromatic N) is 3. The summed E-state index contributed by atoms with van der Waals surface area (Å²) in [6, 6.07) is 3.07. The van der Waals surface area contributed by atoms with Crippen LogP contribution in [0.15, 0.2) is 12.1 Å². The monoisotopic (exact) mass is 330 g/mol. The quantitative estimate of drug-likeness (QED) is 0.673. The standard InChI is InChI=1S/C13H16Cl2N4O2/c1-18-4-6-19(7-5-18)12(21)8-11(20)16-9-2-3-10(14)17-13(9)15/h2-3H,4-8H2,1H3,(H,16,20). The maximum absolute atomic E-state index is 12.0. The van der Waals surface area contributed by atoms with Crippen molar-refractivity contribution in [2.45, 2.75) is 6.42 Å². The fourth-order valence-corrected chi connectivity index (χ4v) is 2.40. The molecule has 0 saturated carbocycles. The molecule has 1 aromatic rings. The van der Waals surface area contributed by atoms with Crippen LogP contribution >= 0.6 is 23.2 Å². The van der Waals surface area contributed by atoms with E-state index < -0.39 is 5.91 Å². The number of nitrogens with one attached hydrogen (secondary N) is 1. The number of likely N-dealkylation sites (N-methyl/N-ethyl adjacent to an activating group) is 1. The van der Waals surface area contributed by atoms with E-state index >= 15 is 0 Å². The van der Waals surface area contributed by atoms with Crippen LogP contribution in [0.4, 0.5) is 5.69 Å². The number of hydrogen-bond donors (Lipinski definition) is 1. The highest BCUT2D eigenvalue weighted by Crippen LogP contribution is 2.21. The molecular formula is C13H16Cl2N4O2. The first-order valence-corrected chi connectivity index (χ1v) is 7.29. The zero-order valence-electron chi connectivity index (χ0n) is 11.6. The lowest BCUT2D eigenvalue weighted by Gasteiger charge is -2.32. The second-order valence-electron chi connectivity index (χ2n) is 4.88. The number of rotatable bonds is 3. The van der Waals surface area contributed by atoms with Gasteiger partial charge < -0.3 is 15.1 Å². The molecule has 6 nitrogen and oxygen atoms in total. The number of halogens is 2. The minimum atomic E-state index is -0.412. The van der Waals surface area contributed by atoms with Crippen LogP contribution in [0.1, 0.15) is 6.42 Å². The molecule has 0 unspecified atom stereocenters. The van der Waals surface area contributed by atoms with Gasteiger partial charge in [0.25, 0.3) is 0 Å². The van der Waals surface area contributed by atoms with Gasteiger partial charge in [-0.3, -0.25) is 9.59 Å². The van der Waals surface area contributed by atoms with Crippen LogP contribution in [-0.4, -0.2) is 59.8 Å². The SMILES string of the molecule is CN1CCN(C(=O)CC(=O)Nc2ccc(Cl)nc2Cl)CC1. The summed E-state index contributed by atoms with van der Waals surface area (Å²) in [5.41, 5.74) is 0.345. The second-order valence-corrected chi connectivity index (χ2v) is 5.63. The fraction of sp³-hybridized carbons (Fsp3) is 0.462. The molecule has 1 aliphatic heterocycles. The number of anilines is 1. The summed E-state index contributed by atoms with van der Waals surface area (Å²) in [5, 5.41) is 2.91. The molecule has 2 rings (SSSR count). The van der Waals surface area contributed by atoms with Crippen molar-refractivity contribution in [1.29, 1.82) is 0 Å². The smallest absolute Gasteiger partial charge is 0.233 e. The zero-order chi connectivity index (χ0) is 15.4. The number of carbonyl (C=O) groups excluding carboxylic acids is 2. The number of aromatic nitrogens is 1. The number of amides is 2. The van der Waals surface area contributed by atoms with Gasteiger partial charge in [0, 0.05) is 26.2 Å². The lowest BCUT2D eigenvalue weighted by molar-refractivity contribution is -0.135. The Balaban J connectivity index is 1.88. The first kappa shape index (κ1) is 16.0. The molecule has 114 valence electrons. The molecule has 1 saturated heterocycles. The summed E-state index contributed by atoms with van der Waals surface area (Å²) in [4.78, 5) is 31.6. The van der Waals surface area contributed by atoms with Crippen LogP contribution in [-0.2, 0) is 9.59 Å². The Morgan fingerprint density at radius 1 is 1.24 bits per heavy atom. The van der Waals surface area contributed by atoms with Gasteiger partial charge in [-0.25, -0.2) is 4.98 Å². The molecule has 2 amide bonds. The summed E-state index contributed by atoms with van der Waals surface area (Å²) in [6.45, 7) is 2.93. The summed E-state index contributed by atoms with van der Waals surface area (Å²) in [7, 11) is 2.00. The van der Waals surface area contributed by atoms with Gasteiger partial charge in [0.2, 0.25) is 11.8 Å². The molecule has 0 spiro atoms. The van der Waals surface area contributed by atoms with Gasteiger partial charge in [0.05, 0.1) is 5.69 Å². The van der Waals surface area contributed by atoms with E-state index in [0.717, 1.165) is 13.1 Å². The Labute approximate surface area is 133 Å². The Morgan fingerprint density at radius 2 is 1.90 bits per heavy atom. The second kappa shape index (κ2) is 7.06. The normalized spacial score (nSPS) is 15.9. The van der Waals surface area contributed by atoms with Gasteiger partial charge in [-0.1, -0.05) is 23.2 Å². The number of piperazine rings is 1. The van der Waals surface area contributed by atoms with Crippen LogP contribution in [0.25, 0.3) is 0 Å². The van der Waals surface area contributed by atoms with Crippen molar-refractivity contribution in [3.8, 4) is 0 Å². The number of carbonyl (C=O) groups is 2. The van der Waals surface area contributed by atoms with Crippen LogP contribution in [0.2, 0.25) is 10.3 Å². The van der Waals surface area contributed by atoms with Gasteiger partial charge in [-0.05, 0) is 19.2 Å². The van der Waals surface area contributed by atoms with Crippen molar-refractivity contribution in [1.82, 2.24) is 14.8 Å². The third-order valence-corrected chi connectivity index (χ3v) is 3.76. The van der Waals surface area contributed by atoms with Gasteiger partial charge >= 0.3 is 0 Å². The topological polar surface area (TPSA) is 65.5 Å². The molecule has 8 heteroatoms. The molecule has 1 aliphatic rings. The van der Waals surface area contributed by atoms with E-state index in [-0.39, 0.29) is 22.6 Å². The van der Waals surface area contributed by atoms with Crippen molar-refractivity contribution in [3.05, 3.63) is 22.4 Å². The number of hydrogen-bond acceptors (Lipinski definition) is 4. The van der Waals surface area contributed by atoms with E-state index in [0.29, 0.717) is 18.8 Å². The Morgan fingerprint density at radius 3 is 2.52 bits per heavy atom. The Bertz CT molecular complexity index is 545. The molecule has 1 aromatic heterocycles. The molecule has 0 aromatic carbocycles. The van der Waals surface area contributed by atoms with Gasteiger partial charge in [-0.15, -0.1) is 0 Å². The van der Waals surface area contributed by atoms with E-state index in [1.54, 1.807) is 11.0 Å². The van der Waals surface area contributed by atoms with E-state index in [1.807, 2.05) is 7.05 Å². The zero-order valence-corrected chi connectivity index (χ0v) is 13.1. The van der Waals surface area contributed by atoms with Crippen molar-refractivity contribution < 1.29 is 9.59 Å². The van der Waals surface area contributed by atoms with Crippen molar-refractivity contribution >= 4 is 40.7 Å². The van der Waals surface area contributed by atoms with E-state index in [2.05, 4.69) is 15.2 Å². The molecule has 1 fully saturated rings. The van der Waals surface area contributed by atoms with Gasteiger partial charge in [0.15, 0.2) is 5.15 Å². The third kappa shape index (κ3) is 4.56. The first-order valence-electron chi connectivity index (χ1n) is 6.54. The molecule has 0 radical (unpaired) electrons. The average molecular weight is 331 g/mol. The molecule has 21 heavy (non-hydrogen) atoms. The van der Waals surface area contributed by atoms with Crippen molar-refractivity contribution in [2.24, 2.45) is 0 Å². The summed E-state index contributed by atoms with van der Waals surface area (Å²) in [6.07, 6.45) is -0.206. The predicted octanol–water partition coefficient (Wildman–Crippen LogP) is 1.49. The lowest BCUT2D eigenvalue weighted by Crippen LogP contribution is -2.47. The van der Waals surface area contributed by atoms with E-state index in [4.69, 9.17) is 23.2 Å². The summed E-state index contributed by atoms with van der Waals surface area (Å²) < 4.78 is 0. The lowest BCUT2D eigenvalue weighted by atomic mass is 10.2. The van der Waals surface area contributed by atoms with Gasteiger partial charge in [0.1, 0.15) is 11.6 Å². The highest BCUT2D eigenvalue weighted by molar-refractivity contribution is 6.34. The molecule has 2 heterocycles. The fourth-order valence-electron chi connectivity index (χ4n) is 2.00. The predicted molar refractivity (Wildman–Crippen MR) is 81.6 cm³/mol. The summed E-state index contributed by atoms with van der Waals surface area (Å²) in [5.74, 6) is -0.594. The highest BCUT2D eigenvalue weighted by atomic mass is 35.5. The third-order valence-electron chi connectivity index (χ3n) is 3.26. The Hall–Kier alpha value is -1.37. The molecular weight excluding hydrogens is 315 g/mol. The van der Waals surface area contributed by atoms with Crippen LogP contribution in [0.5, 0.6) is 0 Å². The Kier molecular flexibility index (Phi) is 5.39. The number of pyridine rings is 1. The molecule has 0 bridgehead atoms. The van der Waals surface area contributed by atoms with Crippen molar-refractivity contribution in [2.75, 3.05) is 38.5 Å².